The first-order valence-corrected chi connectivity index (χ1v) is 7.73. The molecule has 1 rings (SSSR count). The van der Waals surface area contributed by atoms with Gasteiger partial charge in [-0.15, -0.1) is 0 Å². The van der Waals surface area contributed by atoms with Crippen LogP contribution in [0.25, 0.3) is 0 Å². The summed E-state index contributed by atoms with van der Waals surface area (Å²) in [6, 6.07) is 5.12. The van der Waals surface area contributed by atoms with Crippen LogP contribution < -0.4 is 10.6 Å². The summed E-state index contributed by atoms with van der Waals surface area (Å²) in [5.41, 5.74) is 0.635. The number of nitrogens with one attached hydrogen (secondary N) is 2. The molecule has 0 spiro atoms. The van der Waals surface area contributed by atoms with Crippen molar-refractivity contribution in [2.45, 2.75) is 19.8 Å². The minimum Gasteiger partial charge on any atom is -0.481 e. The molecular weight excluding hydrogens is 392 g/mol. The largest absolute Gasteiger partial charge is 0.481 e. The van der Waals surface area contributed by atoms with Gasteiger partial charge in [0.15, 0.2) is 0 Å². The zero-order valence-corrected chi connectivity index (χ0v) is 14.1. The van der Waals surface area contributed by atoms with Gasteiger partial charge in [0.05, 0.1) is 5.69 Å². The lowest BCUT2D eigenvalue weighted by Gasteiger charge is -2.15. The van der Waals surface area contributed by atoms with Crippen LogP contribution in [0.15, 0.2) is 27.1 Å². The Hall–Kier alpha value is -1.08. The van der Waals surface area contributed by atoms with E-state index in [1.54, 1.807) is 0 Å². The molecule has 0 fully saturated rings. The van der Waals surface area contributed by atoms with Crippen LogP contribution in [0.5, 0.6) is 0 Å². The van der Waals surface area contributed by atoms with E-state index in [-0.39, 0.29) is 18.4 Å². The smallest absolute Gasteiger partial charge is 0.319 e. The number of rotatable bonds is 6. The quantitative estimate of drug-likeness (QED) is 0.670. The summed E-state index contributed by atoms with van der Waals surface area (Å²) in [7, 11) is 0. The van der Waals surface area contributed by atoms with Crippen LogP contribution in [-0.4, -0.2) is 23.7 Å². The number of amides is 2. The molecule has 110 valence electrons. The minimum atomic E-state index is -0.854. The summed E-state index contributed by atoms with van der Waals surface area (Å²) >= 11 is 6.70. The molecule has 0 heterocycles. The maximum atomic E-state index is 11.8. The lowest BCUT2D eigenvalue weighted by molar-refractivity contribution is -0.138. The highest BCUT2D eigenvalue weighted by Crippen LogP contribution is 2.30. The molecular formula is C13H16Br2N2O3. The van der Waals surface area contributed by atoms with E-state index in [1.807, 2.05) is 25.1 Å². The van der Waals surface area contributed by atoms with Crippen LogP contribution in [0, 0.1) is 5.92 Å². The second kappa shape index (κ2) is 8.26. The van der Waals surface area contributed by atoms with Crippen LogP contribution in [-0.2, 0) is 4.79 Å². The van der Waals surface area contributed by atoms with E-state index in [9.17, 15) is 9.59 Å². The molecule has 0 aliphatic carbocycles. The van der Waals surface area contributed by atoms with Crippen molar-refractivity contribution in [3.8, 4) is 0 Å². The van der Waals surface area contributed by atoms with Crippen molar-refractivity contribution in [2.24, 2.45) is 5.92 Å². The fraction of sp³-hybridized carbons (Fsp3) is 0.385. The summed E-state index contributed by atoms with van der Waals surface area (Å²) in [5, 5.41) is 14.2. The normalized spacial score (nSPS) is 11.8. The third-order valence-electron chi connectivity index (χ3n) is 2.79. The van der Waals surface area contributed by atoms with E-state index in [1.165, 1.54) is 0 Å². The Labute approximate surface area is 134 Å². The zero-order valence-electron chi connectivity index (χ0n) is 11.0. The van der Waals surface area contributed by atoms with Crippen molar-refractivity contribution >= 4 is 49.5 Å². The Bertz CT molecular complexity index is 474. The Morgan fingerprint density at radius 2 is 1.90 bits per heavy atom. The Morgan fingerprint density at radius 3 is 2.40 bits per heavy atom. The molecule has 0 saturated carbocycles. The lowest BCUT2D eigenvalue weighted by Crippen LogP contribution is -2.33. The van der Waals surface area contributed by atoms with E-state index >= 15 is 0 Å². The summed E-state index contributed by atoms with van der Waals surface area (Å²) in [6.45, 7) is 2.23. The SMILES string of the molecule is CCC(CNC(=O)Nc1c(Br)cccc1Br)CC(=O)O. The van der Waals surface area contributed by atoms with Gasteiger partial charge in [-0.3, -0.25) is 4.79 Å². The number of carboxylic acids is 1. The lowest BCUT2D eigenvalue weighted by atomic mass is 10.0. The van der Waals surface area contributed by atoms with E-state index in [2.05, 4.69) is 42.5 Å². The van der Waals surface area contributed by atoms with Crippen LogP contribution in [0.1, 0.15) is 19.8 Å². The highest BCUT2D eigenvalue weighted by molar-refractivity contribution is 9.11. The highest BCUT2D eigenvalue weighted by Gasteiger charge is 2.13. The topological polar surface area (TPSA) is 78.4 Å². The molecule has 0 aliphatic rings. The summed E-state index contributed by atoms with van der Waals surface area (Å²) < 4.78 is 1.53. The zero-order chi connectivity index (χ0) is 15.1. The van der Waals surface area contributed by atoms with Crippen molar-refractivity contribution in [1.29, 1.82) is 0 Å². The number of benzene rings is 1. The van der Waals surface area contributed by atoms with E-state index in [0.29, 0.717) is 18.7 Å². The van der Waals surface area contributed by atoms with E-state index in [4.69, 9.17) is 5.11 Å². The minimum absolute atomic E-state index is 0.0511. The van der Waals surface area contributed by atoms with Gasteiger partial charge in [-0.2, -0.15) is 0 Å². The molecule has 2 amide bonds. The molecule has 7 heteroatoms. The average molecular weight is 408 g/mol. The van der Waals surface area contributed by atoms with Gasteiger partial charge in [-0.05, 0) is 49.9 Å². The van der Waals surface area contributed by atoms with Crippen molar-refractivity contribution in [2.75, 3.05) is 11.9 Å². The number of urea groups is 1. The second-order valence-corrected chi connectivity index (χ2v) is 6.01. The monoisotopic (exact) mass is 406 g/mol. The third kappa shape index (κ3) is 5.50. The van der Waals surface area contributed by atoms with Crippen LogP contribution in [0.3, 0.4) is 0 Å². The van der Waals surface area contributed by atoms with Gasteiger partial charge >= 0.3 is 12.0 Å². The highest BCUT2D eigenvalue weighted by atomic mass is 79.9. The van der Waals surface area contributed by atoms with Crippen LogP contribution in [0.2, 0.25) is 0 Å². The molecule has 0 aromatic heterocycles. The molecule has 0 saturated heterocycles. The van der Waals surface area contributed by atoms with Crippen molar-refractivity contribution in [3.63, 3.8) is 0 Å². The van der Waals surface area contributed by atoms with Crippen molar-refractivity contribution < 1.29 is 14.7 Å². The number of carbonyl (C=O) groups is 2. The molecule has 0 aliphatic heterocycles. The molecule has 0 radical (unpaired) electrons. The van der Waals surface area contributed by atoms with Gasteiger partial charge in [-0.1, -0.05) is 19.4 Å². The molecule has 1 unspecified atom stereocenters. The predicted octanol–water partition coefficient (Wildman–Crippen LogP) is 3.83. The fourth-order valence-corrected chi connectivity index (χ4v) is 2.82. The Balaban J connectivity index is 2.53. The second-order valence-electron chi connectivity index (χ2n) is 4.30. The van der Waals surface area contributed by atoms with E-state index in [0.717, 1.165) is 8.95 Å². The number of para-hydroxylation sites is 1. The summed E-state index contributed by atoms with van der Waals surface area (Å²) in [4.78, 5) is 22.5. The molecule has 3 N–H and O–H groups in total. The number of carbonyl (C=O) groups excluding carboxylic acids is 1. The number of halogens is 2. The molecule has 1 aromatic rings. The van der Waals surface area contributed by atoms with Crippen LogP contribution >= 0.6 is 31.9 Å². The first-order valence-electron chi connectivity index (χ1n) is 6.14. The molecule has 5 nitrogen and oxygen atoms in total. The average Bonchev–Trinajstić information content (AvgIpc) is 2.38. The summed E-state index contributed by atoms with van der Waals surface area (Å²) in [5.74, 6) is -0.923. The summed E-state index contributed by atoms with van der Waals surface area (Å²) in [6.07, 6.45) is 0.751. The van der Waals surface area contributed by atoms with Gasteiger partial charge in [0.2, 0.25) is 0 Å². The third-order valence-corrected chi connectivity index (χ3v) is 4.11. The van der Waals surface area contributed by atoms with E-state index < -0.39 is 5.97 Å². The van der Waals surface area contributed by atoms with Crippen molar-refractivity contribution in [3.05, 3.63) is 27.1 Å². The first kappa shape index (κ1) is 17.0. The number of hydrogen-bond acceptors (Lipinski definition) is 2. The van der Waals surface area contributed by atoms with Gasteiger partial charge in [0.1, 0.15) is 0 Å². The van der Waals surface area contributed by atoms with Gasteiger partial charge in [0, 0.05) is 21.9 Å². The van der Waals surface area contributed by atoms with Gasteiger partial charge in [0.25, 0.3) is 0 Å². The number of carboxylic acid groups (broad SMARTS) is 1. The van der Waals surface area contributed by atoms with Crippen LogP contribution in [0.4, 0.5) is 10.5 Å². The number of aliphatic carboxylic acids is 1. The van der Waals surface area contributed by atoms with Gasteiger partial charge in [-0.25, -0.2) is 4.79 Å². The number of anilines is 1. The molecule has 1 aromatic carbocycles. The molecule has 0 bridgehead atoms. The number of hydrogen-bond donors (Lipinski definition) is 3. The maximum absolute atomic E-state index is 11.8. The maximum Gasteiger partial charge on any atom is 0.319 e. The fourth-order valence-electron chi connectivity index (χ4n) is 1.62. The Kier molecular flexibility index (Phi) is 7.01. The van der Waals surface area contributed by atoms with Crippen molar-refractivity contribution in [1.82, 2.24) is 5.32 Å². The van der Waals surface area contributed by atoms with Gasteiger partial charge < -0.3 is 15.7 Å². The first-order chi connectivity index (χ1) is 9.43. The Morgan fingerprint density at radius 1 is 1.30 bits per heavy atom. The standard InChI is InChI=1S/C13H16Br2N2O3/c1-2-8(6-11(18)19)7-16-13(20)17-12-9(14)4-3-5-10(12)15/h3-5,8H,2,6-7H2,1H3,(H,18,19)(H2,16,17,20). The predicted molar refractivity (Wildman–Crippen MR) is 84.9 cm³/mol. The molecule has 20 heavy (non-hydrogen) atoms. The molecule has 1 atom stereocenters.